The van der Waals surface area contributed by atoms with E-state index in [1.165, 1.54) is 25.3 Å². The van der Waals surface area contributed by atoms with Crippen LogP contribution in [0.15, 0.2) is 55.0 Å². The lowest BCUT2D eigenvalue weighted by Crippen LogP contribution is -2.18. The fourth-order valence-corrected chi connectivity index (χ4v) is 6.14. The van der Waals surface area contributed by atoms with Crippen LogP contribution in [0.5, 0.6) is 0 Å². The van der Waals surface area contributed by atoms with Gasteiger partial charge in [-0.3, -0.25) is 19.9 Å². The summed E-state index contributed by atoms with van der Waals surface area (Å²) in [7, 11) is 0. The number of nitrogens with zero attached hydrogens (tertiary/aromatic N) is 5. The smallest absolute Gasteiger partial charge is 0.224 e. The molecule has 0 aromatic carbocycles. The lowest BCUT2D eigenvalue weighted by atomic mass is 9.87. The largest absolute Gasteiger partial charge is 0.336 e. The van der Waals surface area contributed by atoms with Crippen LogP contribution in [-0.2, 0) is 4.79 Å². The summed E-state index contributed by atoms with van der Waals surface area (Å²) in [5.74, 6) is 1.01. The molecule has 0 bridgehead atoms. The molecule has 200 valence electrons. The molecule has 1 saturated carbocycles. The summed E-state index contributed by atoms with van der Waals surface area (Å²) >= 11 is 1.03. The third kappa shape index (κ3) is 4.73. The first-order valence-corrected chi connectivity index (χ1v) is 14.1. The van der Waals surface area contributed by atoms with Gasteiger partial charge in [0.15, 0.2) is 16.6 Å². The Balaban J connectivity index is 1.19. The minimum Gasteiger partial charge on any atom is -0.336 e. The van der Waals surface area contributed by atoms with E-state index in [0.29, 0.717) is 56.8 Å². The minimum absolute atomic E-state index is 0.0235. The molecule has 1 aliphatic rings. The van der Waals surface area contributed by atoms with Gasteiger partial charge < -0.3 is 10.3 Å². The summed E-state index contributed by atoms with van der Waals surface area (Å²) in [6, 6.07) is 10.6. The van der Waals surface area contributed by atoms with E-state index in [2.05, 4.69) is 30.5 Å². The third-order valence-corrected chi connectivity index (χ3v) is 8.24. The summed E-state index contributed by atoms with van der Waals surface area (Å²) < 4.78 is 13.7. The number of hydrogen-bond donors (Lipinski definition) is 3. The SMILES string of the molecule is O=C(CC1CCCCC1)Nc1cncc(-c2ccc3[nH]nc(-c4nc5c(-c6ccc(F)s6)nccc5[nH]4)c3n2)c1. The number of fused-ring (bicyclic) bond motifs is 2. The van der Waals surface area contributed by atoms with Gasteiger partial charge >= 0.3 is 0 Å². The lowest BCUT2D eigenvalue weighted by molar-refractivity contribution is -0.117. The maximum atomic E-state index is 13.7. The van der Waals surface area contributed by atoms with Crippen LogP contribution in [-0.4, -0.2) is 41.0 Å². The van der Waals surface area contributed by atoms with E-state index in [-0.39, 0.29) is 11.0 Å². The van der Waals surface area contributed by atoms with E-state index in [4.69, 9.17) is 9.97 Å². The number of H-pyrrole nitrogens is 2. The number of carbonyl (C=O) groups is 1. The molecule has 0 unspecified atom stereocenters. The average Bonchev–Trinajstić information content (AvgIpc) is 3.71. The molecular formula is C29H25FN8OS. The second-order valence-electron chi connectivity index (χ2n) is 10.1. The third-order valence-electron chi connectivity index (χ3n) is 7.36. The molecular weight excluding hydrogens is 527 g/mol. The zero-order valence-corrected chi connectivity index (χ0v) is 22.3. The van der Waals surface area contributed by atoms with Crippen LogP contribution in [0, 0.1) is 11.0 Å². The standard InChI is InChI=1S/C29H25FN8OS/c30-23-9-8-22(40-23)27-25-20(10-11-32-27)35-29(36-25)28-26-21(37-38-28)7-6-19(34-26)17-13-18(15-31-14-17)33-24(39)12-16-4-2-1-3-5-16/h6-11,13-16H,1-5,12H2,(H,33,39)(H,35,36)(H,37,38). The van der Waals surface area contributed by atoms with E-state index in [1.807, 2.05) is 24.3 Å². The second kappa shape index (κ2) is 10.2. The van der Waals surface area contributed by atoms with Crippen molar-refractivity contribution in [3.63, 3.8) is 0 Å². The van der Waals surface area contributed by atoms with Gasteiger partial charge in [-0.05, 0) is 55.2 Å². The number of anilines is 1. The zero-order chi connectivity index (χ0) is 27.1. The van der Waals surface area contributed by atoms with E-state index in [1.54, 1.807) is 24.7 Å². The number of pyridine rings is 3. The highest BCUT2D eigenvalue weighted by molar-refractivity contribution is 7.13. The Morgan fingerprint density at radius 1 is 1.00 bits per heavy atom. The molecule has 1 aliphatic carbocycles. The molecule has 1 amide bonds. The quantitative estimate of drug-likeness (QED) is 0.210. The highest BCUT2D eigenvalue weighted by Gasteiger charge is 2.19. The molecule has 0 aliphatic heterocycles. The molecule has 7 rings (SSSR count). The van der Waals surface area contributed by atoms with Gasteiger partial charge in [0.25, 0.3) is 0 Å². The summed E-state index contributed by atoms with van der Waals surface area (Å²) in [5, 5.41) is 10.2. The number of amides is 1. The van der Waals surface area contributed by atoms with Gasteiger partial charge in [-0.1, -0.05) is 19.3 Å². The zero-order valence-electron chi connectivity index (χ0n) is 21.4. The van der Waals surface area contributed by atoms with E-state index < -0.39 is 0 Å². The van der Waals surface area contributed by atoms with Crippen molar-refractivity contribution in [3.8, 4) is 33.3 Å². The topological polar surface area (TPSA) is 125 Å². The fraction of sp³-hybridized carbons (Fsp3) is 0.241. The molecule has 40 heavy (non-hydrogen) atoms. The number of rotatable bonds is 6. The maximum absolute atomic E-state index is 13.7. The second-order valence-corrected chi connectivity index (χ2v) is 11.2. The molecule has 0 atom stereocenters. The summed E-state index contributed by atoms with van der Waals surface area (Å²) in [6.45, 7) is 0. The fourth-order valence-electron chi connectivity index (χ4n) is 5.41. The van der Waals surface area contributed by atoms with Gasteiger partial charge in [0.05, 0.1) is 33.5 Å². The minimum atomic E-state index is -0.276. The van der Waals surface area contributed by atoms with Gasteiger partial charge in [0.1, 0.15) is 16.7 Å². The molecule has 6 aromatic rings. The molecule has 0 radical (unpaired) electrons. The van der Waals surface area contributed by atoms with Crippen LogP contribution in [0.2, 0.25) is 0 Å². The Morgan fingerprint density at radius 3 is 2.73 bits per heavy atom. The van der Waals surface area contributed by atoms with E-state index >= 15 is 0 Å². The van der Waals surface area contributed by atoms with E-state index in [0.717, 1.165) is 40.8 Å². The summed E-state index contributed by atoms with van der Waals surface area (Å²) in [4.78, 5) is 35.1. The number of nitrogens with one attached hydrogen (secondary N) is 3. The average molecular weight is 553 g/mol. The van der Waals surface area contributed by atoms with Crippen molar-refractivity contribution in [1.29, 1.82) is 0 Å². The molecule has 0 saturated heterocycles. The number of aromatic amines is 2. The highest BCUT2D eigenvalue weighted by atomic mass is 32.1. The van der Waals surface area contributed by atoms with Crippen LogP contribution >= 0.6 is 11.3 Å². The number of thiophene rings is 1. The van der Waals surface area contributed by atoms with Crippen LogP contribution in [0.25, 0.3) is 55.4 Å². The summed E-state index contributed by atoms with van der Waals surface area (Å²) in [6.07, 6.45) is 11.5. The first-order valence-electron chi connectivity index (χ1n) is 13.3. The van der Waals surface area contributed by atoms with Gasteiger partial charge in [0.2, 0.25) is 5.91 Å². The number of aromatic nitrogens is 7. The van der Waals surface area contributed by atoms with E-state index in [9.17, 15) is 9.18 Å². The Bertz CT molecular complexity index is 1850. The summed E-state index contributed by atoms with van der Waals surface area (Å²) in [5.41, 5.74) is 6.07. The van der Waals surface area contributed by atoms with Crippen LogP contribution in [0.4, 0.5) is 10.1 Å². The monoisotopic (exact) mass is 552 g/mol. The van der Waals surface area contributed by atoms with Crippen molar-refractivity contribution >= 4 is 45.0 Å². The number of hydrogen-bond acceptors (Lipinski definition) is 7. The van der Waals surface area contributed by atoms with Crippen molar-refractivity contribution in [3.05, 3.63) is 60.1 Å². The predicted molar refractivity (Wildman–Crippen MR) is 153 cm³/mol. The van der Waals surface area contributed by atoms with Crippen molar-refractivity contribution < 1.29 is 9.18 Å². The number of halogens is 1. The molecule has 3 N–H and O–H groups in total. The molecule has 0 spiro atoms. The van der Waals surface area contributed by atoms with Gasteiger partial charge in [-0.2, -0.15) is 9.49 Å². The van der Waals surface area contributed by atoms with Crippen LogP contribution in [0.1, 0.15) is 38.5 Å². The predicted octanol–water partition coefficient (Wildman–Crippen LogP) is 6.73. The Morgan fingerprint density at radius 2 is 1.88 bits per heavy atom. The molecule has 1 fully saturated rings. The number of carbonyl (C=O) groups excluding carboxylic acids is 1. The molecule has 9 nitrogen and oxygen atoms in total. The van der Waals surface area contributed by atoms with Gasteiger partial charge in [-0.25, -0.2) is 9.97 Å². The van der Waals surface area contributed by atoms with Crippen LogP contribution in [0.3, 0.4) is 0 Å². The molecule has 6 heterocycles. The van der Waals surface area contributed by atoms with Crippen LogP contribution < -0.4 is 5.32 Å². The van der Waals surface area contributed by atoms with Crippen molar-refractivity contribution in [1.82, 2.24) is 35.1 Å². The van der Waals surface area contributed by atoms with Crippen molar-refractivity contribution in [2.24, 2.45) is 5.92 Å². The van der Waals surface area contributed by atoms with Gasteiger partial charge in [-0.15, -0.1) is 11.3 Å². The first kappa shape index (κ1) is 24.5. The molecule has 11 heteroatoms. The Hall–Kier alpha value is -4.51. The van der Waals surface area contributed by atoms with Crippen molar-refractivity contribution in [2.45, 2.75) is 38.5 Å². The lowest BCUT2D eigenvalue weighted by Gasteiger charge is -2.20. The highest BCUT2D eigenvalue weighted by Crippen LogP contribution is 2.33. The van der Waals surface area contributed by atoms with Gasteiger partial charge in [0, 0.05) is 24.4 Å². The Labute approximate surface area is 232 Å². The Kier molecular flexibility index (Phi) is 6.27. The van der Waals surface area contributed by atoms with Crippen molar-refractivity contribution in [2.75, 3.05) is 5.32 Å². The number of imidazole rings is 1. The first-order chi connectivity index (χ1) is 19.6. The molecule has 6 aromatic heterocycles. The normalized spacial score (nSPS) is 14.2. The maximum Gasteiger partial charge on any atom is 0.224 e.